The van der Waals surface area contributed by atoms with Crippen molar-refractivity contribution >= 4 is 5.91 Å². The number of carbonyl (C=O) groups excluding carboxylic acids is 1. The Morgan fingerprint density at radius 2 is 2.22 bits per heavy atom. The summed E-state index contributed by atoms with van der Waals surface area (Å²) in [6.45, 7) is 6.40. The number of amides is 1. The zero-order valence-corrected chi connectivity index (χ0v) is 11.2. The first-order valence-electron chi connectivity index (χ1n) is 6.64. The third-order valence-electron chi connectivity index (χ3n) is 3.35. The number of nitrogens with one attached hydrogen (secondary N) is 1. The van der Waals surface area contributed by atoms with Crippen LogP contribution in [0.2, 0.25) is 0 Å². The van der Waals surface area contributed by atoms with Crippen LogP contribution in [-0.2, 0) is 7.05 Å². The molecule has 2 heterocycles. The van der Waals surface area contributed by atoms with Crippen LogP contribution in [0.4, 0.5) is 0 Å². The number of rotatable bonds is 5. The van der Waals surface area contributed by atoms with Gasteiger partial charge in [0.2, 0.25) is 0 Å². The summed E-state index contributed by atoms with van der Waals surface area (Å²) in [5.41, 5.74) is 0.630. The molecule has 2 rings (SSSR count). The van der Waals surface area contributed by atoms with Crippen LogP contribution >= 0.6 is 0 Å². The van der Waals surface area contributed by atoms with Gasteiger partial charge in [0.05, 0.1) is 11.8 Å². The molecule has 0 aliphatic carbocycles. The number of nitrogens with zero attached hydrogens (tertiary/aromatic N) is 3. The van der Waals surface area contributed by atoms with Crippen molar-refractivity contribution in [1.29, 1.82) is 0 Å². The summed E-state index contributed by atoms with van der Waals surface area (Å²) in [6.07, 6.45) is 5.96. The molecular weight excluding hydrogens is 228 g/mol. The molecule has 1 aromatic rings. The molecule has 1 aromatic heterocycles. The lowest BCUT2D eigenvalue weighted by molar-refractivity contribution is 0.0945. The van der Waals surface area contributed by atoms with Gasteiger partial charge in [0.15, 0.2) is 0 Å². The molecular formula is C13H22N4O. The number of likely N-dealkylation sites (tertiary alicyclic amines) is 1. The molecule has 100 valence electrons. The van der Waals surface area contributed by atoms with Crippen LogP contribution in [0.25, 0.3) is 0 Å². The van der Waals surface area contributed by atoms with Crippen molar-refractivity contribution in [1.82, 2.24) is 20.0 Å². The Hall–Kier alpha value is -1.36. The average molecular weight is 250 g/mol. The molecule has 1 N–H and O–H groups in total. The largest absolute Gasteiger partial charge is 0.352 e. The Bertz CT molecular complexity index is 395. The highest BCUT2D eigenvalue weighted by molar-refractivity contribution is 5.93. The highest BCUT2D eigenvalue weighted by Crippen LogP contribution is 2.09. The minimum absolute atomic E-state index is 0.0311. The number of aryl methyl sites for hydroxylation is 1. The molecule has 1 aliphatic heterocycles. The third-order valence-corrected chi connectivity index (χ3v) is 3.35. The summed E-state index contributed by atoms with van der Waals surface area (Å²) in [7, 11) is 1.81. The van der Waals surface area contributed by atoms with Crippen LogP contribution in [0.15, 0.2) is 12.4 Å². The highest BCUT2D eigenvalue weighted by Gasteiger charge is 2.15. The Morgan fingerprint density at radius 1 is 1.50 bits per heavy atom. The molecule has 0 unspecified atom stereocenters. The zero-order valence-electron chi connectivity index (χ0n) is 11.2. The minimum Gasteiger partial charge on any atom is -0.352 e. The van der Waals surface area contributed by atoms with Crippen molar-refractivity contribution < 1.29 is 4.79 Å². The Labute approximate surface area is 108 Å². The molecule has 0 saturated carbocycles. The van der Waals surface area contributed by atoms with E-state index in [4.69, 9.17) is 0 Å². The van der Waals surface area contributed by atoms with Crippen molar-refractivity contribution in [2.45, 2.75) is 19.8 Å². The van der Waals surface area contributed by atoms with Gasteiger partial charge in [-0.15, -0.1) is 0 Å². The average Bonchev–Trinajstić information content (AvgIpc) is 2.97. The quantitative estimate of drug-likeness (QED) is 0.844. The molecule has 0 aromatic carbocycles. The molecule has 1 amide bonds. The smallest absolute Gasteiger partial charge is 0.254 e. The summed E-state index contributed by atoms with van der Waals surface area (Å²) >= 11 is 0. The number of hydrogen-bond acceptors (Lipinski definition) is 3. The van der Waals surface area contributed by atoms with Crippen molar-refractivity contribution in [2.75, 3.05) is 26.2 Å². The van der Waals surface area contributed by atoms with Gasteiger partial charge in [-0.3, -0.25) is 9.48 Å². The third kappa shape index (κ3) is 3.57. The van der Waals surface area contributed by atoms with Crippen LogP contribution < -0.4 is 5.32 Å². The van der Waals surface area contributed by atoms with Gasteiger partial charge in [0, 0.05) is 26.3 Å². The predicted molar refractivity (Wildman–Crippen MR) is 70.4 cm³/mol. The van der Waals surface area contributed by atoms with E-state index in [0.29, 0.717) is 11.5 Å². The second-order valence-electron chi connectivity index (χ2n) is 5.23. The normalized spacial score (nSPS) is 17.9. The molecule has 0 bridgehead atoms. The van der Waals surface area contributed by atoms with E-state index in [9.17, 15) is 4.79 Å². The van der Waals surface area contributed by atoms with E-state index in [-0.39, 0.29) is 5.91 Å². The topological polar surface area (TPSA) is 50.2 Å². The second kappa shape index (κ2) is 6.00. The fraction of sp³-hybridized carbons (Fsp3) is 0.692. The number of carbonyl (C=O) groups is 1. The predicted octanol–water partition coefficient (Wildman–Crippen LogP) is 0.882. The summed E-state index contributed by atoms with van der Waals surface area (Å²) in [6, 6.07) is 0. The van der Waals surface area contributed by atoms with E-state index in [1.54, 1.807) is 17.1 Å². The molecule has 18 heavy (non-hydrogen) atoms. The van der Waals surface area contributed by atoms with Gasteiger partial charge in [-0.25, -0.2) is 0 Å². The molecule has 1 fully saturated rings. The van der Waals surface area contributed by atoms with E-state index >= 15 is 0 Å². The lowest BCUT2D eigenvalue weighted by Crippen LogP contribution is -2.34. The zero-order chi connectivity index (χ0) is 13.0. The van der Waals surface area contributed by atoms with Gasteiger partial charge in [-0.05, 0) is 31.8 Å². The number of hydrogen-bond donors (Lipinski definition) is 1. The van der Waals surface area contributed by atoms with Crippen molar-refractivity contribution in [3.63, 3.8) is 0 Å². The lowest BCUT2D eigenvalue weighted by atomic mass is 10.1. The maximum atomic E-state index is 11.8. The molecule has 1 saturated heterocycles. The van der Waals surface area contributed by atoms with Crippen LogP contribution in [0.1, 0.15) is 30.1 Å². The first-order chi connectivity index (χ1) is 8.65. The molecule has 1 aliphatic rings. The van der Waals surface area contributed by atoms with E-state index in [0.717, 1.165) is 13.1 Å². The number of aromatic nitrogens is 2. The van der Waals surface area contributed by atoms with Gasteiger partial charge in [0.1, 0.15) is 0 Å². The summed E-state index contributed by atoms with van der Waals surface area (Å²) in [5, 5.41) is 6.96. The van der Waals surface area contributed by atoms with Crippen LogP contribution in [0.3, 0.4) is 0 Å². The van der Waals surface area contributed by atoms with Crippen molar-refractivity contribution in [3.8, 4) is 0 Å². The van der Waals surface area contributed by atoms with Gasteiger partial charge < -0.3 is 10.2 Å². The first-order valence-corrected chi connectivity index (χ1v) is 6.64. The maximum absolute atomic E-state index is 11.8. The second-order valence-corrected chi connectivity index (χ2v) is 5.23. The van der Waals surface area contributed by atoms with Crippen LogP contribution in [0, 0.1) is 5.92 Å². The first kappa shape index (κ1) is 13.1. The molecule has 5 heteroatoms. The minimum atomic E-state index is -0.0311. The molecule has 5 nitrogen and oxygen atoms in total. The fourth-order valence-corrected chi connectivity index (χ4v) is 2.38. The fourth-order valence-electron chi connectivity index (χ4n) is 2.38. The van der Waals surface area contributed by atoms with Gasteiger partial charge in [0.25, 0.3) is 5.91 Å². The van der Waals surface area contributed by atoms with E-state index < -0.39 is 0 Å². The monoisotopic (exact) mass is 250 g/mol. The molecule has 0 spiro atoms. The van der Waals surface area contributed by atoms with E-state index in [1.807, 2.05) is 7.05 Å². The SMILES string of the molecule is C[C@H](CNC(=O)c1cnn(C)c1)CN1CCCC1. The summed E-state index contributed by atoms with van der Waals surface area (Å²) < 4.78 is 1.64. The Kier molecular flexibility index (Phi) is 4.36. The molecule has 1 atom stereocenters. The van der Waals surface area contributed by atoms with E-state index in [1.165, 1.54) is 25.9 Å². The lowest BCUT2D eigenvalue weighted by Gasteiger charge is -2.20. The summed E-state index contributed by atoms with van der Waals surface area (Å²) in [4.78, 5) is 14.3. The van der Waals surface area contributed by atoms with Gasteiger partial charge >= 0.3 is 0 Å². The van der Waals surface area contributed by atoms with Crippen LogP contribution in [-0.4, -0.2) is 46.8 Å². The van der Waals surface area contributed by atoms with E-state index in [2.05, 4.69) is 22.2 Å². The van der Waals surface area contributed by atoms with Crippen LogP contribution in [0.5, 0.6) is 0 Å². The summed E-state index contributed by atoms with van der Waals surface area (Å²) in [5.74, 6) is 0.458. The van der Waals surface area contributed by atoms with Crippen molar-refractivity contribution in [2.24, 2.45) is 13.0 Å². The highest BCUT2D eigenvalue weighted by atomic mass is 16.1. The Morgan fingerprint density at radius 3 is 2.83 bits per heavy atom. The van der Waals surface area contributed by atoms with Gasteiger partial charge in [-0.1, -0.05) is 6.92 Å². The maximum Gasteiger partial charge on any atom is 0.254 e. The van der Waals surface area contributed by atoms with Crippen molar-refractivity contribution in [3.05, 3.63) is 18.0 Å². The Balaban J connectivity index is 1.71. The van der Waals surface area contributed by atoms with Gasteiger partial charge in [-0.2, -0.15) is 5.10 Å². The molecule has 0 radical (unpaired) electrons. The standard InChI is InChI=1S/C13H22N4O/c1-11(9-17-5-3-4-6-17)7-14-13(18)12-8-15-16(2)10-12/h8,10-11H,3-7,9H2,1-2H3,(H,14,18)/t11-/m1/s1.